The fourth-order valence-electron chi connectivity index (χ4n) is 1.57. The van der Waals surface area contributed by atoms with Gasteiger partial charge in [-0.2, -0.15) is 0 Å². The summed E-state index contributed by atoms with van der Waals surface area (Å²) in [7, 11) is 1.83. The molecule has 1 N–H and O–H groups in total. The molecule has 5 nitrogen and oxygen atoms in total. The number of unbranched alkanes of at least 4 members (excludes halogenated alkanes) is 1. The Morgan fingerprint density at radius 3 is 2.89 bits per heavy atom. The van der Waals surface area contributed by atoms with Crippen LogP contribution in [0.25, 0.3) is 0 Å². The summed E-state index contributed by atoms with van der Waals surface area (Å²) in [5.41, 5.74) is 0.0667. The highest BCUT2D eigenvalue weighted by Crippen LogP contribution is 2.39. The summed E-state index contributed by atoms with van der Waals surface area (Å²) in [6.07, 6.45) is 2.94. The van der Waals surface area contributed by atoms with E-state index in [1.54, 1.807) is 6.92 Å². The van der Waals surface area contributed by atoms with Crippen molar-refractivity contribution in [2.45, 2.75) is 25.9 Å². The summed E-state index contributed by atoms with van der Waals surface area (Å²) in [4.78, 5) is 13.1. The first-order chi connectivity index (χ1) is 8.47. The molecule has 0 aliphatic heterocycles. The molecule has 0 amide bonds. The SMILES string of the molecule is C=CCCCN(C)c1sc([C@H](C)O)cc1[N+](=O)[O-]. The van der Waals surface area contributed by atoms with Crippen molar-refractivity contribution in [3.63, 3.8) is 0 Å². The zero-order valence-corrected chi connectivity index (χ0v) is 11.4. The second-order valence-electron chi connectivity index (χ2n) is 4.12. The minimum Gasteiger partial charge on any atom is -0.388 e. The van der Waals surface area contributed by atoms with Crippen LogP contribution in [0.2, 0.25) is 0 Å². The highest BCUT2D eigenvalue weighted by molar-refractivity contribution is 7.16. The van der Waals surface area contributed by atoms with Crippen LogP contribution in [0.15, 0.2) is 18.7 Å². The molecule has 1 atom stereocenters. The number of rotatable bonds is 7. The van der Waals surface area contributed by atoms with Crippen molar-refractivity contribution in [2.24, 2.45) is 0 Å². The van der Waals surface area contributed by atoms with Crippen molar-refractivity contribution < 1.29 is 10.0 Å². The van der Waals surface area contributed by atoms with Crippen LogP contribution in [-0.2, 0) is 0 Å². The van der Waals surface area contributed by atoms with Gasteiger partial charge in [-0.25, -0.2) is 0 Å². The van der Waals surface area contributed by atoms with Crippen LogP contribution in [0.3, 0.4) is 0 Å². The predicted octanol–water partition coefficient (Wildman–Crippen LogP) is 3.11. The third-order valence-corrected chi connectivity index (χ3v) is 3.98. The van der Waals surface area contributed by atoms with Crippen LogP contribution in [0, 0.1) is 10.1 Å². The largest absolute Gasteiger partial charge is 0.388 e. The Morgan fingerprint density at radius 1 is 1.72 bits per heavy atom. The molecule has 0 spiro atoms. The molecule has 0 radical (unpaired) electrons. The molecule has 1 aromatic heterocycles. The first kappa shape index (κ1) is 14.7. The molecule has 0 unspecified atom stereocenters. The lowest BCUT2D eigenvalue weighted by atomic mass is 10.3. The normalized spacial score (nSPS) is 12.2. The Morgan fingerprint density at radius 2 is 2.39 bits per heavy atom. The summed E-state index contributed by atoms with van der Waals surface area (Å²) in [5, 5.41) is 21.1. The van der Waals surface area contributed by atoms with E-state index < -0.39 is 11.0 Å². The standard InChI is InChI=1S/C12H18N2O3S/c1-4-5-6-7-13(3)12-10(14(16)17)8-11(18-12)9(2)15/h4,8-9,15H,1,5-7H2,2-3H3/t9-/m0/s1. The van der Waals surface area contributed by atoms with E-state index in [1.807, 2.05) is 18.0 Å². The molecule has 18 heavy (non-hydrogen) atoms. The van der Waals surface area contributed by atoms with E-state index in [1.165, 1.54) is 17.4 Å². The Kier molecular flexibility index (Phi) is 5.30. The summed E-state index contributed by atoms with van der Waals surface area (Å²) in [5.74, 6) is 0. The van der Waals surface area contributed by atoms with Crippen molar-refractivity contribution >= 4 is 22.0 Å². The highest BCUT2D eigenvalue weighted by atomic mass is 32.1. The van der Waals surface area contributed by atoms with Gasteiger partial charge in [0.1, 0.15) is 0 Å². The molecule has 0 fully saturated rings. The maximum atomic E-state index is 11.0. The minimum absolute atomic E-state index is 0.0667. The molecule has 1 rings (SSSR count). The molecule has 1 aromatic rings. The van der Waals surface area contributed by atoms with Gasteiger partial charge in [-0.1, -0.05) is 6.08 Å². The number of hydrogen-bond donors (Lipinski definition) is 1. The van der Waals surface area contributed by atoms with Crippen molar-refractivity contribution in [3.8, 4) is 0 Å². The number of aliphatic hydroxyl groups excluding tert-OH is 1. The average Bonchev–Trinajstić information content (AvgIpc) is 2.74. The van der Waals surface area contributed by atoms with E-state index in [4.69, 9.17) is 0 Å². The summed E-state index contributed by atoms with van der Waals surface area (Å²) < 4.78 is 0. The number of allylic oxidation sites excluding steroid dienone is 1. The lowest BCUT2D eigenvalue weighted by Gasteiger charge is -2.15. The lowest BCUT2D eigenvalue weighted by molar-refractivity contribution is -0.383. The van der Waals surface area contributed by atoms with Crippen LogP contribution in [-0.4, -0.2) is 23.6 Å². The van der Waals surface area contributed by atoms with Crippen LogP contribution in [0.5, 0.6) is 0 Å². The number of anilines is 1. The van der Waals surface area contributed by atoms with Crippen LogP contribution >= 0.6 is 11.3 Å². The summed E-state index contributed by atoms with van der Waals surface area (Å²) >= 11 is 1.27. The highest BCUT2D eigenvalue weighted by Gasteiger charge is 2.23. The second-order valence-corrected chi connectivity index (χ2v) is 5.19. The van der Waals surface area contributed by atoms with E-state index >= 15 is 0 Å². The van der Waals surface area contributed by atoms with Gasteiger partial charge in [-0.15, -0.1) is 17.9 Å². The first-order valence-electron chi connectivity index (χ1n) is 5.75. The van der Waals surface area contributed by atoms with Crippen molar-refractivity contribution in [2.75, 3.05) is 18.5 Å². The van der Waals surface area contributed by atoms with E-state index in [0.29, 0.717) is 9.88 Å². The van der Waals surface area contributed by atoms with Crippen LogP contribution in [0.1, 0.15) is 30.7 Å². The maximum Gasteiger partial charge on any atom is 0.304 e. The molecule has 0 saturated heterocycles. The topological polar surface area (TPSA) is 66.6 Å². The number of nitrogens with zero attached hydrogens (tertiary/aromatic N) is 2. The number of thiophene rings is 1. The van der Waals surface area contributed by atoms with E-state index in [-0.39, 0.29) is 5.69 Å². The quantitative estimate of drug-likeness (QED) is 0.358. The number of hydrogen-bond acceptors (Lipinski definition) is 5. The average molecular weight is 270 g/mol. The summed E-state index contributed by atoms with van der Waals surface area (Å²) in [6, 6.07) is 1.45. The molecule has 1 heterocycles. The van der Waals surface area contributed by atoms with Gasteiger partial charge in [0.25, 0.3) is 0 Å². The van der Waals surface area contributed by atoms with Gasteiger partial charge in [0.15, 0.2) is 5.00 Å². The molecular weight excluding hydrogens is 252 g/mol. The summed E-state index contributed by atoms with van der Waals surface area (Å²) in [6.45, 7) is 5.98. The van der Waals surface area contributed by atoms with Crippen molar-refractivity contribution in [1.29, 1.82) is 0 Å². The van der Waals surface area contributed by atoms with Crippen molar-refractivity contribution in [1.82, 2.24) is 0 Å². The lowest BCUT2D eigenvalue weighted by Crippen LogP contribution is -2.17. The van der Waals surface area contributed by atoms with Gasteiger partial charge in [0, 0.05) is 24.5 Å². The molecule has 0 bridgehead atoms. The number of nitro groups is 1. The van der Waals surface area contributed by atoms with Crippen LogP contribution in [0.4, 0.5) is 10.7 Å². The molecule has 100 valence electrons. The third kappa shape index (κ3) is 3.54. The fraction of sp³-hybridized carbons (Fsp3) is 0.500. The van der Waals surface area contributed by atoms with Gasteiger partial charge in [0.2, 0.25) is 0 Å². The predicted molar refractivity (Wildman–Crippen MR) is 74.3 cm³/mol. The molecule has 0 aliphatic carbocycles. The van der Waals surface area contributed by atoms with E-state index in [2.05, 4.69) is 6.58 Å². The van der Waals surface area contributed by atoms with Gasteiger partial charge in [-0.05, 0) is 19.8 Å². The Balaban J connectivity index is 2.91. The van der Waals surface area contributed by atoms with Crippen LogP contribution < -0.4 is 4.90 Å². The Labute approximate surface area is 111 Å². The smallest absolute Gasteiger partial charge is 0.304 e. The molecular formula is C12H18N2O3S. The zero-order valence-electron chi connectivity index (χ0n) is 10.6. The molecule has 0 aliphatic rings. The maximum absolute atomic E-state index is 11.0. The zero-order chi connectivity index (χ0) is 13.7. The molecule has 0 saturated carbocycles. The van der Waals surface area contributed by atoms with Gasteiger partial charge in [0.05, 0.1) is 11.0 Å². The molecule has 6 heteroatoms. The van der Waals surface area contributed by atoms with Crippen molar-refractivity contribution in [3.05, 3.63) is 33.7 Å². The Bertz CT molecular complexity index is 429. The fourth-order valence-corrected chi connectivity index (χ4v) is 2.62. The van der Waals surface area contributed by atoms with E-state index in [0.717, 1.165) is 19.4 Å². The van der Waals surface area contributed by atoms with E-state index in [9.17, 15) is 15.2 Å². The van der Waals surface area contributed by atoms with Gasteiger partial charge < -0.3 is 10.0 Å². The minimum atomic E-state index is -0.677. The first-order valence-corrected chi connectivity index (χ1v) is 6.57. The third-order valence-electron chi connectivity index (χ3n) is 2.57. The Hall–Kier alpha value is -1.40. The molecule has 0 aromatic carbocycles. The monoisotopic (exact) mass is 270 g/mol. The van der Waals surface area contributed by atoms with Gasteiger partial charge in [-0.3, -0.25) is 10.1 Å². The van der Waals surface area contributed by atoms with Gasteiger partial charge >= 0.3 is 5.69 Å². The number of aliphatic hydroxyl groups is 1. The second kappa shape index (κ2) is 6.51.